The Bertz CT molecular complexity index is 365. The first-order valence-electron chi connectivity index (χ1n) is 6.19. The summed E-state index contributed by atoms with van der Waals surface area (Å²) < 4.78 is 5.37. The molecular formula is C14H20ClNO2. The van der Waals surface area contributed by atoms with Crippen molar-refractivity contribution in [2.24, 2.45) is 0 Å². The summed E-state index contributed by atoms with van der Waals surface area (Å²) in [5, 5.41) is 0. The molecule has 1 rings (SSSR count). The maximum atomic E-state index is 11.7. The van der Waals surface area contributed by atoms with Crippen LogP contribution in [0.2, 0.25) is 0 Å². The second-order valence-electron chi connectivity index (χ2n) is 4.12. The smallest absolute Gasteiger partial charge is 0.222 e. The van der Waals surface area contributed by atoms with Crippen molar-refractivity contribution in [1.29, 1.82) is 0 Å². The van der Waals surface area contributed by atoms with E-state index in [1.165, 1.54) is 0 Å². The van der Waals surface area contributed by atoms with E-state index in [1.54, 1.807) is 4.90 Å². The summed E-state index contributed by atoms with van der Waals surface area (Å²) in [6, 6.07) is 7.82. The van der Waals surface area contributed by atoms with Crippen LogP contribution in [0.4, 0.5) is 0 Å². The third kappa shape index (κ3) is 4.96. The monoisotopic (exact) mass is 269 g/mol. The minimum atomic E-state index is 0.129. The molecular weight excluding hydrogens is 250 g/mol. The van der Waals surface area contributed by atoms with Crippen molar-refractivity contribution in [2.45, 2.75) is 26.3 Å². The quantitative estimate of drug-likeness (QED) is 0.712. The van der Waals surface area contributed by atoms with Crippen LogP contribution >= 0.6 is 11.6 Å². The fourth-order valence-corrected chi connectivity index (χ4v) is 1.76. The molecule has 3 nitrogen and oxygen atoms in total. The number of halogens is 1. The summed E-state index contributed by atoms with van der Waals surface area (Å²) in [6.45, 7) is 3.24. The zero-order valence-corrected chi connectivity index (χ0v) is 11.7. The minimum Gasteiger partial charge on any atom is -0.494 e. The van der Waals surface area contributed by atoms with Gasteiger partial charge in [0.1, 0.15) is 5.75 Å². The van der Waals surface area contributed by atoms with Gasteiger partial charge < -0.3 is 9.64 Å². The van der Waals surface area contributed by atoms with Crippen LogP contribution in [-0.2, 0) is 11.3 Å². The third-order valence-electron chi connectivity index (χ3n) is 2.60. The molecule has 1 aromatic carbocycles. The van der Waals surface area contributed by atoms with Crippen LogP contribution < -0.4 is 4.74 Å². The van der Waals surface area contributed by atoms with Gasteiger partial charge in [-0.3, -0.25) is 4.79 Å². The second-order valence-corrected chi connectivity index (χ2v) is 4.50. The van der Waals surface area contributed by atoms with Crippen molar-refractivity contribution in [2.75, 3.05) is 19.5 Å². The lowest BCUT2D eigenvalue weighted by atomic mass is 10.2. The van der Waals surface area contributed by atoms with Crippen molar-refractivity contribution >= 4 is 17.5 Å². The third-order valence-corrected chi connectivity index (χ3v) is 2.87. The van der Waals surface area contributed by atoms with Crippen LogP contribution in [-0.4, -0.2) is 30.3 Å². The van der Waals surface area contributed by atoms with Crippen molar-refractivity contribution in [3.63, 3.8) is 0 Å². The summed E-state index contributed by atoms with van der Waals surface area (Å²) in [4.78, 5) is 13.4. The number of carbonyl (C=O) groups is 1. The molecule has 0 atom stereocenters. The number of nitrogens with zero attached hydrogens (tertiary/aromatic N) is 1. The van der Waals surface area contributed by atoms with E-state index >= 15 is 0 Å². The lowest BCUT2D eigenvalue weighted by Crippen LogP contribution is -2.25. The maximum Gasteiger partial charge on any atom is 0.222 e. The molecule has 100 valence electrons. The van der Waals surface area contributed by atoms with Crippen LogP contribution in [0.25, 0.3) is 0 Å². The van der Waals surface area contributed by atoms with Gasteiger partial charge in [-0.15, -0.1) is 11.6 Å². The van der Waals surface area contributed by atoms with Crippen LogP contribution in [0.3, 0.4) is 0 Å². The Morgan fingerprint density at radius 2 is 2.00 bits per heavy atom. The first-order valence-corrected chi connectivity index (χ1v) is 6.72. The van der Waals surface area contributed by atoms with E-state index in [0.29, 0.717) is 25.5 Å². The number of alkyl halides is 1. The van der Waals surface area contributed by atoms with Crippen molar-refractivity contribution in [3.8, 4) is 5.75 Å². The highest BCUT2D eigenvalue weighted by Crippen LogP contribution is 2.13. The van der Waals surface area contributed by atoms with Crippen molar-refractivity contribution < 1.29 is 9.53 Å². The molecule has 1 amide bonds. The largest absolute Gasteiger partial charge is 0.494 e. The molecule has 0 saturated carbocycles. The molecule has 0 fully saturated rings. The summed E-state index contributed by atoms with van der Waals surface area (Å²) in [5.74, 6) is 1.52. The number of carbonyl (C=O) groups excluding carboxylic acids is 1. The highest BCUT2D eigenvalue weighted by molar-refractivity contribution is 6.17. The summed E-state index contributed by atoms with van der Waals surface area (Å²) >= 11 is 5.57. The van der Waals surface area contributed by atoms with Crippen LogP contribution in [0.15, 0.2) is 24.3 Å². The molecule has 0 aliphatic carbocycles. The highest BCUT2D eigenvalue weighted by Gasteiger charge is 2.08. The number of hydrogen-bond donors (Lipinski definition) is 0. The van der Waals surface area contributed by atoms with Gasteiger partial charge in [-0.2, -0.15) is 0 Å². The van der Waals surface area contributed by atoms with Gasteiger partial charge >= 0.3 is 0 Å². The standard InChI is InChI=1S/C14H20ClNO2/c1-3-18-13-8-6-12(7-9-13)11-16(2)14(17)5-4-10-15/h6-9H,3-5,10-11H2,1-2H3. The van der Waals surface area contributed by atoms with Crippen LogP contribution in [0.1, 0.15) is 25.3 Å². The predicted molar refractivity (Wildman–Crippen MR) is 74.0 cm³/mol. The molecule has 0 spiro atoms. The van der Waals surface area contributed by atoms with E-state index in [2.05, 4.69) is 0 Å². The van der Waals surface area contributed by atoms with Crippen LogP contribution in [0, 0.1) is 0 Å². The SMILES string of the molecule is CCOc1ccc(CN(C)C(=O)CCCCl)cc1. The van der Waals surface area contributed by atoms with E-state index in [9.17, 15) is 4.79 Å². The molecule has 0 radical (unpaired) electrons. The average molecular weight is 270 g/mol. The van der Waals surface area contributed by atoms with Gasteiger partial charge in [0.2, 0.25) is 5.91 Å². The number of rotatable bonds is 7. The molecule has 1 aromatic rings. The van der Waals surface area contributed by atoms with E-state index in [0.717, 1.165) is 17.7 Å². The maximum absolute atomic E-state index is 11.7. The second kappa shape index (κ2) is 7.98. The topological polar surface area (TPSA) is 29.5 Å². The Hall–Kier alpha value is -1.22. The number of hydrogen-bond acceptors (Lipinski definition) is 2. The summed E-state index contributed by atoms with van der Waals surface area (Å²) in [6.07, 6.45) is 1.24. The normalized spacial score (nSPS) is 10.2. The van der Waals surface area contributed by atoms with E-state index in [4.69, 9.17) is 16.3 Å². The van der Waals surface area contributed by atoms with Crippen molar-refractivity contribution in [1.82, 2.24) is 4.90 Å². The zero-order valence-electron chi connectivity index (χ0n) is 11.0. The minimum absolute atomic E-state index is 0.129. The molecule has 0 bridgehead atoms. The first-order chi connectivity index (χ1) is 8.67. The Balaban J connectivity index is 2.48. The molecule has 0 aliphatic rings. The highest BCUT2D eigenvalue weighted by atomic mass is 35.5. The molecule has 0 N–H and O–H groups in total. The van der Waals surface area contributed by atoms with Gasteiger partial charge in [0, 0.05) is 25.9 Å². The van der Waals surface area contributed by atoms with Gasteiger partial charge in [0.25, 0.3) is 0 Å². The predicted octanol–water partition coefficient (Wildman–Crippen LogP) is 3.06. The zero-order chi connectivity index (χ0) is 13.4. The molecule has 18 heavy (non-hydrogen) atoms. The number of benzene rings is 1. The van der Waals surface area contributed by atoms with E-state index in [-0.39, 0.29) is 5.91 Å². The molecule has 0 aromatic heterocycles. The molecule has 0 saturated heterocycles. The number of ether oxygens (including phenoxy) is 1. The fraction of sp³-hybridized carbons (Fsp3) is 0.500. The van der Waals surface area contributed by atoms with E-state index < -0.39 is 0 Å². The van der Waals surface area contributed by atoms with E-state index in [1.807, 2.05) is 38.2 Å². The van der Waals surface area contributed by atoms with Crippen LogP contribution in [0.5, 0.6) is 5.75 Å². The Morgan fingerprint density at radius 1 is 1.33 bits per heavy atom. The van der Waals surface area contributed by atoms with Gasteiger partial charge in [0.15, 0.2) is 0 Å². The Labute approximate surface area is 114 Å². The van der Waals surface area contributed by atoms with Gasteiger partial charge in [0.05, 0.1) is 6.61 Å². The summed E-state index contributed by atoms with van der Waals surface area (Å²) in [7, 11) is 1.81. The number of amides is 1. The van der Waals surface area contributed by atoms with Crippen molar-refractivity contribution in [3.05, 3.63) is 29.8 Å². The fourth-order valence-electron chi connectivity index (χ4n) is 1.63. The Morgan fingerprint density at radius 3 is 2.56 bits per heavy atom. The Kier molecular flexibility index (Phi) is 6.58. The molecule has 0 unspecified atom stereocenters. The molecule has 0 heterocycles. The molecule has 0 aliphatic heterocycles. The van der Waals surface area contributed by atoms with Gasteiger partial charge in [-0.05, 0) is 31.0 Å². The average Bonchev–Trinajstić information content (AvgIpc) is 2.38. The lowest BCUT2D eigenvalue weighted by molar-refractivity contribution is -0.130. The molecule has 4 heteroatoms. The first kappa shape index (κ1) is 14.8. The lowest BCUT2D eigenvalue weighted by Gasteiger charge is -2.17. The van der Waals surface area contributed by atoms with Gasteiger partial charge in [-0.1, -0.05) is 12.1 Å². The summed E-state index contributed by atoms with van der Waals surface area (Å²) in [5.41, 5.74) is 1.10. The van der Waals surface area contributed by atoms with Gasteiger partial charge in [-0.25, -0.2) is 0 Å².